The summed E-state index contributed by atoms with van der Waals surface area (Å²) in [4.78, 5) is 14.9. The summed E-state index contributed by atoms with van der Waals surface area (Å²) in [5, 5.41) is 5.39. The van der Waals surface area contributed by atoms with Gasteiger partial charge in [0.1, 0.15) is 5.82 Å². The minimum atomic E-state index is -0.0249. The van der Waals surface area contributed by atoms with E-state index in [1.807, 2.05) is 23.6 Å². The van der Waals surface area contributed by atoms with Gasteiger partial charge in [0.2, 0.25) is 0 Å². The van der Waals surface area contributed by atoms with E-state index in [1.165, 1.54) is 5.56 Å². The molecular weight excluding hydrogens is 352 g/mol. The number of aromatic nitrogens is 3. The molecule has 2 heterocycles. The number of methoxy groups -OCH3 is 1. The summed E-state index contributed by atoms with van der Waals surface area (Å²) in [5.74, 6) is 1.27. The van der Waals surface area contributed by atoms with Gasteiger partial charge >= 0.3 is 5.69 Å². The van der Waals surface area contributed by atoms with E-state index in [4.69, 9.17) is 16.3 Å². The molecule has 0 saturated carbocycles. The summed E-state index contributed by atoms with van der Waals surface area (Å²) in [6.45, 7) is 6.62. The topological polar surface area (TPSA) is 52.3 Å². The summed E-state index contributed by atoms with van der Waals surface area (Å²) in [6, 6.07) is 8.05. The molecular formula is C19H27ClN4O2. The smallest absolute Gasteiger partial charge is 0.345 e. The van der Waals surface area contributed by atoms with Gasteiger partial charge in [0.15, 0.2) is 0 Å². The number of rotatable bonds is 7. The summed E-state index contributed by atoms with van der Waals surface area (Å²) in [5.41, 5.74) is 1.25. The second kappa shape index (κ2) is 8.84. The first-order chi connectivity index (χ1) is 12.6. The van der Waals surface area contributed by atoms with Crippen LogP contribution in [-0.4, -0.2) is 46.1 Å². The molecule has 0 aliphatic carbocycles. The Bertz CT molecular complexity index is 761. The molecule has 1 fully saturated rings. The van der Waals surface area contributed by atoms with Crippen molar-refractivity contribution in [3.05, 3.63) is 51.2 Å². The first kappa shape index (κ1) is 19.1. The summed E-state index contributed by atoms with van der Waals surface area (Å²) in [7, 11) is 1.64. The van der Waals surface area contributed by atoms with E-state index in [-0.39, 0.29) is 5.69 Å². The fourth-order valence-electron chi connectivity index (χ4n) is 3.58. The fraction of sp³-hybridized carbons (Fsp3) is 0.579. The second-order valence-corrected chi connectivity index (χ2v) is 7.21. The number of hydrogen-bond acceptors (Lipinski definition) is 4. The normalized spacial score (nSPS) is 16.3. The third-order valence-electron chi connectivity index (χ3n) is 5.05. The molecule has 7 heteroatoms. The van der Waals surface area contributed by atoms with E-state index in [2.05, 4.69) is 22.1 Å². The van der Waals surface area contributed by atoms with Crippen molar-refractivity contribution >= 4 is 11.6 Å². The maximum absolute atomic E-state index is 12.5. The van der Waals surface area contributed by atoms with E-state index < -0.39 is 0 Å². The van der Waals surface area contributed by atoms with Gasteiger partial charge < -0.3 is 4.74 Å². The molecule has 0 radical (unpaired) electrons. The number of benzene rings is 1. The predicted molar refractivity (Wildman–Crippen MR) is 103 cm³/mol. The van der Waals surface area contributed by atoms with Gasteiger partial charge in [0.25, 0.3) is 0 Å². The maximum Gasteiger partial charge on any atom is 0.345 e. The van der Waals surface area contributed by atoms with Gasteiger partial charge in [-0.1, -0.05) is 23.7 Å². The molecule has 26 heavy (non-hydrogen) atoms. The van der Waals surface area contributed by atoms with Gasteiger partial charge in [-0.15, -0.1) is 0 Å². The number of piperidine rings is 1. The Morgan fingerprint density at radius 3 is 2.54 bits per heavy atom. The molecule has 0 unspecified atom stereocenters. The average Bonchev–Trinajstić information content (AvgIpc) is 2.98. The van der Waals surface area contributed by atoms with Gasteiger partial charge in [-0.2, -0.15) is 5.10 Å². The van der Waals surface area contributed by atoms with Gasteiger partial charge in [-0.3, -0.25) is 9.47 Å². The fourth-order valence-corrected chi connectivity index (χ4v) is 3.70. The molecule has 0 bridgehead atoms. The van der Waals surface area contributed by atoms with Crippen molar-refractivity contribution in [1.29, 1.82) is 0 Å². The highest BCUT2D eigenvalue weighted by atomic mass is 35.5. The van der Waals surface area contributed by atoms with Gasteiger partial charge in [-0.25, -0.2) is 9.48 Å². The lowest BCUT2D eigenvalue weighted by Crippen LogP contribution is -2.33. The van der Waals surface area contributed by atoms with Crippen molar-refractivity contribution in [1.82, 2.24) is 19.2 Å². The highest BCUT2D eigenvalue weighted by molar-refractivity contribution is 6.30. The molecule has 1 aromatic heterocycles. The van der Waals surface area contributed by atoms with Gasteiger partial charge in [0.05, 0.1) is 13.2 Å². The zero-order valence-corrected chi connectivity index (χ0v) is 16.3. The Kier molecular flexibility index (Phi) is 6.51. The van der Waals surface area contributed by atoms with E-state index >= 15 is 0 Å². The lowest BCUT2D eigenvalue weighted by molar-refractivity contribution is 0.181. The first-order valence-corrected chi connectivity index (χ1v) is 9.63. The minimum absolute atomic E-state index is 0.0249. The molecule has 1 aromatic carbocycles. The van der Waals surface area contributed by atoms with Crippen LogP contribution in [0.5, 0.6) is 0 Å². The molecule has 1 aliphatic rings. The van der Waals surface area contributed by atoms with E-state index in [1.54, 1.807) is 11.8 Å². The molecule has 1 saturated heterocycles. The van der Waals surface area contributed by atoms with Crippen LogP contribution in [0.15, 0.2) is 29.1 Å². The molecule has 0 N–H and O–H groups in total. The number of halogens is 1. The zero-order valence-electron chi connectivity index (χ0n) is 15.5. The minimum Gasteiger partial charge on any atom is -0.383 e. The molecule has 142 valence electrons. The SMILES string of the molecule is CCn1c(C2CCN(Cc3ccc(Cl)cc3)CC2)nn(CCOC)c1=O. The Balaban J connectivity index is 1.64. The van der Waals surface area contributed by atoms with Crippen LogP contribution in [0, 0.1) is 0 Å². The molecule has 3 rings (SSSR count). The van der Waals surface area contributed by atoms with E-state index in [0.29, 0.717) is 25.6 Å². The van der Waals surface area contributed by atoms with Gasteiger partial charge in [0, 0.05) is 31.1 Å². The Morgan fingerprint density at radius 1 is 1.23 bits per heavy atom. The van der Waals surface area contributed by atoms with Crippen LogP contribution < -0.4 is 5.69 Å². The average molecular weight is 379 g/mol. The number of nitrogens with zero attached hydrogens (tertiary/aromatic N) is 4. The van der Waals surface area contributed by atoms with Crippen LogP contribution in [0.4, 0.5) is 0 Å². The van der Waals surface area contributed by atoms with Crippen LogP contribution in [0.3, 0.4) is 0 Å². The van der Waals surface area contributed by atoms with Crippen LogP contribution in [0.25, 0.3) is 0 Å². The second-order valence-electron chi connectivity index (χ2n) is 6.78. The molecule has 0 amide bonds. The largest absolute Gasteiger partial charge is 0.383 e. The standard InChI is InChI=1S/C19H27ClN4O2/c1-3-23-18(21-24(19(23)25)12-13-26-2)16-8-10-22(11-9-16)14-15-4-6-17(20)7-5-15/h4-7,16H,3,8-14H2,1-2H3. The van der Waals surface area contributed by atoms with Crippen LogP contribution in [0.1, 0.15) is 37.1 Å². The Labute approximate surface area is 159 Å². The monoisotopic (exact) mass is 378 g/mol. The first-order valence-electron chi connectivity index (χ1n) is 9.25. The van der Waals surface area contributed by atoms with Crippen molar-refractivity contribution in [2.45, 2.75) is 45.3 Å². The molecule has 1 aliphatic heterocycles. The van der Waals surface area contributed by atoms with E-state index in [0.717, 1.165) is 43.3 Å². The van der Waals surface area contributed by atoms with Gasteiger partial charge in [-0.05, 0) is 50.6 Å². The summed E-state index contributed by atoms with van der Waals surface area (Å²) >= 11 is 5.96. The highest BCUT2D eigenvalue weighted by Gasteiger charge is 2.26. The van der Waals surface area contributed by atoms with E-state index in [9.17, 15) is 4.79 Å². The van der Waals surface area contributed by atoms with Crippen LogP contribution >= 0.6 is 11.6 Å². The summed E-state index contributed by atoms with van der Waals surface area (Å²) in [6.07, 6.45) is 2.04. The quantitative estimate of drug-likeness (QED) is 0.743. The third kappa shape index (κ3) is 4.37. The molecule has 6 nitrogen and oxygen atoms in total. The van der Waals surface area contributed by atoms with Crippen LogP contribution in [0.2, 0.25) is 5.02 Å². The van der Waals surface area contributed by atoms with Crippen molar-refractivity contribution in [3.8, 4) is 0 Å². The predicted octanol–water partition coefficient (Wildman–Crippen LogP) is 2.74. The molecule has 2 aromatic rings. The number of hydrogen-bond donors (Lipinski definition) is 0. The third-order valence-corrected chi connectivity index (χ3v) is 5.30. The van der Waals surface area contributed by atoms with Crippen molar-refractivity contribution in [2.24, 2.45) is 0 Å². The zero-order chi connectivity index (χ0) is 18.5. The van der Waals surface area contributed by atoms with Crippen molar-refractivity contribution < 1.29 is 4.74 Å². The number of ether oxygens (including phenoxy) is 1. The number of likely N-dealkylation sites (tertiary alicyclic amines) is 1. The summed E-state index contributed by atoms with van der Waals surface area (Å²) < 4.78 is 8.44. The lowest BCUT2D eigenvalue weighted by atomic mass is 9.95. The van der Waals surface area contributed by atoms with Crippen molar-refractivity contribution in [3.63, 3.8) is 0 Å². The lowest BCUT2D eigenvalue weighted by Gasteiger charge is -2.31. The molecule has 0 atom stereocenters. The van der Waals surface area contributed by atoms with Crippen molar-refractivity contribution in [2.75, 3.05) is 26.8 Å². The maximum atomic E-state index is 12.5. The Morgan fingerprint density at radius 2 is 1.92 bits per heavy atom. The highest BCUT2D eigenvalue weighted by Crippen LogP contribution is 2.27. The van der Waals surface area contributed by atoms with Crippen LogP contribution in [-0.2, 0) is 24.4 Å². The Hall–Kier alpha value is -1.63. The molecule has 0 spiro atoms.